The smallest absolute Gasteiger partial charge is 0.387 e. The van der Waals surface area contributed by atoms with Crippen molar-refractivity contribution in [2.75, 3.05) is 26.7 Å². The molecule has 2 rings (SSSR count). The number of rotatable bonds is 7. The first-order chi connectivity index (χ1) is 10.6. The van der Waals surface area contributed by atoms with Crippen molar-refractivity contribution in [1.82, 2.24) is 10.6 Å². The lowest BCUT2D eigenvalue weighted by Gasteiger charge is -2.15. The third-order valence-corrected chi connectivity index (χ3v) is 3.65. The minimum absolute atomic E-state index is 0. The van der Waals surface area contributed by atoms with E-state index in [1.54, 1.807) is 6.07 Å². The Morgan fingerprint density at radius 3 is 2.87 bits per heavy atom. The summed E-state index contributed by atoms with van der Waals surface area (Å²) in [6.07, 6.45) is 1.95. The predicted octanol–water partition coefficient (Wildman–Crippen LogP) is 2.45. The van der Waals surface area contributed by atoms with Crippen LogP contribution < -0.4 is 20.1 Å². The molecule has 1 aliphatic rings. The van der Waals surface area contributed by atoms with Crippen molar-refractivity contribution >= 4 is 18.3 Å². The SMILES string of the molecule is COc1cccc(C(=O)NCCC2CCNC2)c1OC(F)F.Cl. The number of methoxy groups -OCH3 is 1. The minimum Gasteiger partial charge on any atom is -0.493 e. The van der Waals surface area contributed by atoms with Crippen molar-refractivity contribution in [3.8, 4) is 11.5 Å². The maximum absolute atomic E-state index is 12.5. The van der Waals surface area contributed by atoms with E-state index < -0.39 is 12.5 Å². The molecule has 1 atom stereocenters. The standard InChI is InChI=1S/C15H20F2N2O3.ClH/c1-21-12-4-2-3-11(13(12)22-15(16)17)14(20)19-8-6-10-5-7-18-9-10;/h2-4,10,15,18H,5-9H2,1H3,(H,19,20);1H. The Balaban J connectivity index is 0.00000264. The summed E-state index contributed by atoms with van der Waals surface area (Å²) in [5.41, 5.74) is 0.0456. The fraction of sp³-hybridized carbons (Fsp3) is 0.533. The zero-order chi connectivity index (χ0) is 15.9. The number of amides is 1. The Hall–Kier alpha value is -1.60. The number of carbonyl (C=O) groups excluding carboxylic acids is 1. The molecule has 2 N–H and O–H groups in total. The average Bonchev–Trinajstić information content (AvgIpc) is 3.00. The van der Waals surface area contributed by atoms with Gasteiger partial charge in [-0.15, -0.1) is 12.4 Å². The van der Waals surface area contributed by atoms with Gasteiger partial charge in [-0.25, -0.2) is 0 Å². The zero-order valence-electron chi connectivity index (χ0n) is 12.8. The van der Waals surface area contributed by atoms with E-state index in [0.29, 0.717) is 12.5 Å². The lowest BCUT2D eigenvalue weighted by Crippen LogP contribution is -2.27. The monoisotopic (exact) mass is 350 g/mol. The molecule has 1 aromatic rings. The van der Waals surface area contributed by atoms with Crippen LogP contribution in [0.3, 0.4) is 0 Å². The van der Waals surface area contributed by atoms with Crippen LogP contribution in [0.1, 0.15) is 23.2 Å². The maximum atomic E-state index is 12.5. The van der Waals surface area contributed by atoms with E-state index >= 15 is 0 Å². The number of para-hydroxylation sites is 1. The molecular weight excluding hydrogens is 330 g/mol. The van der Waals surface area contributed by atoms with E-state index in [2.05, 4.69) is 15.4 Å². The van der Waals surface area contributed by atoms with Gasteiger partial charge in [-0.1, -0.05) is 6.07 Å². The van der Waals surface area contributed by atoms with Gasteiger partial charge in [0.25, 0.3) is 5.91 Å². The Kier molecular flexibility index (Phi) is 8.05. The van der Waals surface area contributed by atoms with Crippen molar-refractivity contribution in [2.45, 2.75) is 19.5 Å². The van der Waals surface area contributed by atoms with Crippen LogP contribution in [-0.2, 0) is 0 Å². The van der Waals surface area contributed by atoms with Gasteiger partial charge < -0.3 is 20.1 Å². The Bertz CT molecular complexity index is 511. The molecular formula is C15H21ClF2N2O3. The van der Waals surface area contributed by atoms with Crippen LogP contribution >= 0.6 is 12.4 Å². The highest BCUT2D eigenvalue weighted by Crippen LogP contribution is 2.32. The van der Waals surface area contributed by atoms with E-state index in [4.69, 9.17) is 4.74 Å². The van der Waals surface area contributed by atoms with Crippen LogP contribution in [0.4, 0.5) is 8.78 Å². The second-order valence-corrected chi connectivity index (χ2v) is 5.12. The highest BCUT2D eigenvalue weighted by atomic mass is 35.5. The van der Waals surface area contributed by atoms with Gasteiger partial charge in [0.1, 0.15) is 0 Å². The summed E-state index contributed by atoms with van der Waals surface area (Å²) in [4.78, 5) is 12.2. The Morgan fingerprint density at radius 2 is 2.26 bits per heavy atom. The molecule has 1 aromatic carbocycles. The molecule has 1 fully saturated rings. The molecule has 8 heteroatoms. The number of ether oxygens (including phenoxy) is 2. The predicted molar refractivity (Wildman–Crippen MR) is 84.8 cm³/mol. The van der Waals surface area contributed by atoms with Crippen molar-refractivity contribution < 1.29 is 23.0 Å². The van der Waals surface area contributed by atoms with E-state index in [1.165, 1.54) is 19.2 Å². The second-order valence-electron chi connectivity index (χ2n) is 5.12. The van der Waals surface area contributed by atoms with Crippen LogP contribution in [0.25, 0.3) is 0 Å². The summed E-state index contributed by atoms with van der Waals surface area (Å²) in [5, 5.41) is 6.00. The van der Waals surface area contributed by atoms with Crippen molar-refractivity contribution in [2.24, 2.45) is 5.92 Å². The molecule has 1 saturated heterocycles. The van der Waals surface area contributed by atoms with Crippen LogP contribution in [-0.4, -0.2) is 39.3 Å². The summed E-state index contributed by atoms with van der Waals surface area (Å²) in [5.74, 6) is -0.0316. The molecule has 1 unspecified atom stereocenters. The third-order valence-electron chi connectivity index (χ3n) is 3.65. The third kappa shape index (κ3) is 5.51. The molecule has 0 spiro atoms. The largest absolute Gasteiger partial charge is 0.493 e. The molecule has 1 aliphatic heterocycles. The molecule has 130 valence electrons. The van der Waals surface area contributed by atoms with Gasteiger partial charge in [0.2, 0.25) is 0 Å². The van der Waals surface area contributed by atoms with Gasteiger partial charge in [-0.2, -0.15) is 8.78 Å². The number of carbonyl (C=O) groups is 1. The van der Waals surface area contributed by atoms with Gasteiger partial charge in [-0.3, -0.25) is 4.79 Å². The topological polar surface area (TPSA) is 59.6 Å². The number of alkyl halides is 2. The normalized spacial score (nSPS) is 16.8. The summed E-state index contributed by atoms with van der Waals surface area (Å²) < 4.78 is 34.5. The summed E-state index contributed by atoms with van der Waals surface area (Å²) in [6.45, 7) is -0.570. The molecule has 23 heavy (non-hydrogen) atoms. The van der Waals surface area contributed by atoms with Gasteiger partial charge in [0.05, 0.1) is 12.7 Å². The maximum Gasteiger partial charge on any atom is 0.387 e. The van der Waals surface area contributed by atoms with Gasteiger partial charge >= 0.3 is 6.61 Å². The number of hydrogen-bond acceptors (Lipinski definition) is 4. The molecule has 0 aliphatic carbocycles. The minimum atomic E-state index is -3.02. The Labute approximate surface area is 140 Å². The van der Waals surface area contributed by atoms with Gasteiger partial charge in [0, 0.05) is 6.54 Å². The quantitative estimate of drug-likeness (QED) is 0.793. The molecule has 5 nitrogen and oxygen atoms in total. The molecule has 1 amide bonds. The molecule has 0 aromatic heterocycles. The summed E-state index contributed by atoms with van der Waals surface area (Å²) >= 11 is 0. The fourth-order valence-corrected chi connectivity index (χ4v) is 2.51. The van der Waals surface area contributed by atoms with Crippen LogP contribution in [0.2, 0.25) is 0 Å². The van der Waals surface area contributed by atoms with E-state index in [-0.39, 0.29) is 29.5 Å². The highest BCUT2D eigenvalue weighted by Gasteiger charge is 2.20. The molecule has 0 saturated carbocycles. The van der Waals surface area contributed by atoms with Gasteiger partial charge in [-0.05, 0) is 44.0 Å². The summed E-state index contributed by atoms with van der Waals surface area (Å²) in [6, 6.07) is 4.47. The molecule has 1 heterocycles. The van der Waals surface area contributed by atoms with E-state index in [9.17, 15) is 13.6 Å². The first kappa shape index (κ1) is 19.4. The van der Waals surface area contributed by atoms with Crippen LogP contribution in [0.15, 0.2) is 18.2 Å². The molecule has 0 radical (unpaired) electrons. The van der Waals surface area contributed by atoms with E-state index in [0.717, 1.165) is 25.9 Å². The average molecular weight is 351 g/mol. The number of benzene rings is 1. The number of nitrogens with one attached hydrogen (secondary N) is 2. The second kappa shape index (κ2) is 9.52. The van der Waals surface area contributed by atoms with Crippen LogP contribution in [0, 0.1) is 5.92 Å². The fourth-order valence-electron chi connectivity index (χ4n) is 2.51. The lowest BCUT2D eigenvalue weighted by molar-refractivity contribution is -0.0515. The van der Waals surface area contributed by atoms with Crippen molar-refractivity contribution in [3.05, 3.63) is 23.8 Å². The first-order valence-electron chi connectivity index (χ1n) is 7.22. The van der Waals surface area contributed by atoms with Crippen molar-refractivity contribution in [3.63, 3.8) is 0 Å². The lowest BCUT2D eigenvalue weighted by atomic mass is 10.1. The van der Waals surface area contributed by atoms with Crippen molar-refractivity contribution in [1.29, 1.82) is 0 Å². The molecule has 0 bridgehead atoms. The Morgan fingerprint density at radius 1 is 1.48 bits per heavy atom. The highest BCUT2D eigenvalue weighted by molar-refractivity contribution is 5.97. The number of hydrogen-bond donors (Lipinski definition) is 2. The summed E-state index contributed by atoms with van der Waals surface area (Å²) in [7, 11) is 1.34. The zero-order valence-corrected chi connectivity index (χ0v) is 13.6. The van der Waals surface area contributed by atoms with Crippen LogP contribution in [0.5, 0.6) is 11.5 Å². The first-order valence-corrected chi connectivity index (χ1v) is 7.22. The van der Waals surface area contributed by atoms with E-state index in [1.807, 2.05) is 0 Å². The number of halogens is 3. The van der Waals surface area contributed by atoms with Gasteiger partial charge in [0.15, 0.2) is 11.5 Å².